The Morgan fingerprint density at radius 1 is 0.784 bits per heavy atom. The van der Waals surface area contributed by atoms with Crippen molar-refractivity contribution in [2.45, 2.75) is 58.2 Å². The van der Waals surface area contributed by atoms with E-state index < -0.39 is 6.04 Å². The fourth-order valence-electron chi connectivity index (χ4n) is 4.67. The van der Waals surface area contributed by atoms with Crippen LogP contribution < -0.4 is 5.32 Å². The van der Waals surface area contributed by atoms with Gasteiger partial charge >= 0.3 is 0 Å². The molecule has 4 rings (SSSR count). The first-order chi connectivity index (χ1) is 18.0. The van der Waals surface area contributed by atoms with Gasteiger partial charge in [-0.05, 0) is 47.2 Å². The molecule has 2 unspecified atom stereocenters. The van der Waals surface area contributed by atoms with Crippen LogP contribution >= 0.6 is 0 Å². The lowest BCUT2D eigenvalue weighted by atomic mass is 9.99. The summed E-state index contributed by atoms with van der Waals surface area (Å²) in [5.41, 5.74) is 3.19. The lowest BCUT2D eigenvalue weighted by molar-refractivity contribution is -0.141. The molecule has 0 saturated heterocycles. The molecule has 0 radical (unpaired) electrons. The molecule has 4 heteroatoms. The number of aryl methyl sites for hydroxylation is 1. The van der Waals surface area contributed by atoms with Gasteiger partial charge in [0.25, 0.3) is 0 Å². The first-order valence-electron chi connectivity index (χ1n) is 13.2. The number of amides is 2. The molecule has 0 aliphatic rings. The summed E-state index contributed by atoms with van der Waals surface area (Å²) >= 11 is 0. The number of carbonyl (C=O) groups excluding carboxylic acids is 2. The second kappa shape index (κ2) is 12.9. The van der Waals surface area contributed by atoms with Crippen LogP contribution in [0.15, 0.2) is 103 Å². The Labute approximate surface area is 220 Å². The number of benzene rings is 4. The van der Waals surface area contributed by atoms with E-state index in [1.54, 1.807) is 4.90 Å². The summed E-state index contributed by atoms with van der Waals surface area (Å²) in [4.78, 5) is 29.3. The van der Waals surface area contributed by atoms with E-state index in [9.17, 15) is 9.59 Å². The van der Waals surface area contributed by atoms with Gasteiger partial charge in [-0.2, -0.15) is 0 Å². The van der Waals surface area contributed by atoms with Crippen molar-refractivity contribution in [2.24, 2.45) is 0 Å². The van der Waals surface area contributed by atoms with E-state index in [2.05, 4.69) is 29.6 Å². The highest BCUT2D eigenvalue weighted by atomic mass is 16.2. The third-order valence-electron chi connectivity index (χ3n) is 6.96. The molecule has 0 heterocycles. The summed E-state index contributed by atoms with van der Waals surface area (Å²) in [5, 5.41) is 5.48. The van der Waals surface area contributed by atoms with Gasteiger partial charge in [-0.3, -0.25) is 9.59 Å². The molecule has 2 atom stereocenters. The Bertz CT molecular complexity index is 1300. The predicted octanol–water partition coefficient (Wildman–Crippen LogP) is 6.33. The van der Waals surface area contributed by atoms with Crippen molar-refractivity contribution in [1.29, 1.82) is 0 Å². The fraction of sp³-hybridized carbons (Fsp3) is 0.273. The summed E-state index contributed by atoms with van der Waals surface area (Å²) < 4.78 is 0. The molecule has 0 saturated carbocycles. The normalized spacial score (nSPS) is 12.6. The summed E-state index contributed by atoms with van der Waals surface area (Å²) in [5.74, 6) is -0.121. The maximum absolute atomic E-state index is 13.9. The topological polar surface area (TPSA) is 49.4 Å². The van der Waals surface area contributed by atoms with Gasteiger partial charge < -0.3 is 10.2 Å². The molecule has 190 valence electrons. The van der Waals surface area contributed by atoms with Gasteiger partial charge in [0.05, 0.1) is 0 Å². The number of nitrogens with one attached hydrogen (secondary N) is 1. The molecule has 0 aliphatic heterocycles. The van der Waals surface area contributed by atoms with E-state index in [1.807, 2.05) is 92.7 Å². The SMILES string of the molecule is CCC(C)NC(=O)C(Cc1ccccc1)N(Cc1ccccc1)C(=O)CCc1cccc2ccccc12. The predicted molar refractivity (Wildman–Crippen MR) is 151 cm³/mol. The van der Waals surface area contributed by atoms with Crippen LogP contribution in [-0.2, 0) is 29.0 Å². The molecule has 0 aliphatic carbocycles. The molecule has 37 heavy (non-hydrogen) atoms. The van der Waals surface area contributed by atoms with Crippen LogP contribution in [0.5, 0.6) is 0 Å². The number of nitrogens with zero attached hydrogens (tertiary/aromatic N) is 1. The Morgan fingerprint density at radius 3 is 2.11 bits per heavy atom. The zero-order valence-electron chi connectivity index (χ0n) is 21.8. The zero-order valence-corrected chi connectivity index (χ0v) is 21.8. The standard InChI is InChI=1S/C33H36N2O2/c1-3-25(2)34-33(37)31(23-26-13-6-4-7-14-26)35(24-27-15-8-5-9-16-27)32(36)22-21-29-19-12-18-28-17-10-11-20-30(28)29/h4-20,25,31H,3,21-24H2,1-2H3,(H,34,37). The number of hydrogen-bond donors (Lipinski definition) is 1. The summed E-state index contributed by atoms with van der Waals surface area (Å²) in [6, 6.07) is 33.8. The van der Waals surface area contributed by atoms with Crippen LogP contribution in [0.25, 0.3) is 10.8 Å². The van der Waals surface area contributed by atoms with E-state index >= 15 is 0 Å². The average Bonchev–Trinajstić information content (AvgIpc) is 2.94. The van der Waals surface area contributed by atoms with Gasteiger partial charge in [0.2, 0.25) is 11.8 Å². The Kier molecular flexibility index (Phi) is 9.09. The monoisotopic (exact) mass is 492 g/mol. The van der Waals surface area contributed by atoms with Crippen LogP contribution in [0.1, 0.15) is 43.4 Å². The minimum Gasteiger partial charge on any atom is -0.352 e. The minimum atomic E-state index is -0.600. The smallest absolute Gasteiger partial charge is 0.243 e. The first kappa shape index (κ1) is 26.2. The van der Waals surface area contributed by atoms with Gasteiger partial charge in [0.15, 0.2) is 0 Å². The molecule has 2 amide bonds. The van der Waals surface area contributed by atoms with Crippen molar-refractivity contribution < 1.29 is 9.59 Å². The van der Waals surface area contributed by atoms with Gasteiger partial charge in [-0.25, -0.2) is 0 Å². The van der Waals surface area contributed by atoms with Gasteiger partial charge in [-0.15, -0.1) is 0 Å². The Balaban J connectivity index is 1.63. The molecule has 0 bridgehead atoms. The Morgan fingerprint density at radius 2 is 1.41 bits per heavy atom. The quantitative estimate of drug-likeness (QED) is 0.266. The number of carbonyl (C=O) groups is 2. The van der Waals surface area contributed by atoms with Crippen LogP contribution in [-0.4, -0.2) is 28.8 Å². The third kappa shape index (κ3) is 7.07. The van der Waals surface area contributed by atoms with Crippen molar-refractivity contribution in [3.63, 3.8) is 0 Å². The van der Waals surface area contributed by atoms with Crippen molar-refractivity contribution in [1.82, 2.24) is 10.2 Å². The second-order valence-corrected chi connectivity index (χ2v) is 9.67. The van der Waals surface area contributed by atoms with Gasteiger partial charge in [-0.1, -0.05) is 110 Å². The maximum atomic E-state index is 13.9. The van der Waals surface area contributed by atoms with E-state index in [1.165, 1.54) is 10.8 Å². The minimum absolute atomic E-state index is 0.0166. The number of hydrogen-bond acceptors (Lipinski definition) is 2. The lowest BCUT2D eigenvalue weighted by Gasteiger charge is -2.32. The average molecular weight is 493 g/mol. The molecule has 4 nitrogen and oxygen atoms in total. The van der Waals surface area contributed by atoms with Crippen LogP contribution in [0, 0.1) is 0 Å². The summed E-state index contributed by atoms with van der Waals surface area (Å²) in [7, 11) is 0. The van der Waals surface area contributed by atoms with E-state index in [-0.39, 0.29) is 17.9 Å². The number of fused-ring (bicyclic) bond motifs is 1. The third-order valence-corrected chi connectivity index (χ3v) is 6.96. The molecule has 0 fully saturated rings. The van der Waals surface area contributed by atoms with E-state index in [0.717, 1.165) is 23.1 Å². The van der Waals surface area contributed by atoms with Crippen LogP contribution in [0.4, 0.5) is 0 Å². The second-order valence-electron chi connectivity index (χ2n) is 9.67. The van der Waals surface area contributed by atoms with Crippen molar-refractivity contribution in [2.75, 3.05) is 0 Å². The lowest BCUT2D eigenvalue weighted by Crippen LogP contribution is -2.52. The Hall–Kier alpha value is -3.92. The number of rotatable bonds is 11. The molecular weight excluding hydrogens is 456 g/mol. The first-order valence-corrected chi connectivity index (χ1v) is 13.2. The van der Waals surface area contributed by atoms with Crippen molar-refractivity contribution >= 4 is 22.6 Å². The molecule has 0 spiro atoms. The highest BCUT2D eigenvalue weighted by molar-refractivity contribution is 5.89. The zero-order chi connectivity index (χ0) is 26.0. The van der Waals surface area contributed by atoms with Crippen LogP contribution in [0.2, 0.25) is 0 Å². The van der Waals surface area contributed by atoms with Gasteiger partial charge in [0, 0.05) is 25.4 Å². The molecule has 0 aromatic heterocycles. The van der Waals surface area contributed by atoms with Crippen LogP contribution in [0.3, 0.4) is 0 Å². The van der Waals surface area contributed by atoms with Crippen molar-refractivity contribution in [3.05, 3.63) is 120 Å². The summed E-state index contributed by atoms with van der Waals surface area (Å²) in [6.45, 7) is 4.44. The molecule has 1 N–H and O–H groups in total. The fourth-order valence-corrected chi connectivity index (χ4v) is 4.67. The molecular formula is C33H36N2O2. The van der Waals surface area contributed by atoms with Gasteiger partial charge in [0.1, 0.15) is 6.04 Å². The summed E-state index contributed by atoms with van der Waals surface area (Å²) in [6.07, 6.45) is 2.26. The molecule has 4 aromatic carbocycles. The highest BCUT2D eigenvalue weighted by Gasteiger charge is 2.30. The maximum Gasteiger partial charge on any atom is 0.243 e. The molecule has 4 aromatic rings. The van der Waals surface area contributed by atoms with E-state index in [0.29, 0.717) is 25.8 Å². The highest BCUT2D eigenvalue weighted by Crippen LogP contribution is 2.22. The largest absolute Gasteiger partial charge is 0.352 e. The van der Waals surface area contributed by atoms with Crippen molar-refractivity contribution in [3.8, 4) is 0 Å². The van der Waals surface area contributed by atoms with E-state index in [4.69, 9.17) is 0 Å².